The number of carbonyl (C=O) groups is 1. The van der Waals surface area contributed by atoms with Crippen molar-refractivity contribution in [2.75, 3.05) is 0 Å². The SMILES string of the molecule is CC(NC(=O)C(N)C(C)C)c1ccc(Br)cc1. The first-order valence-corrected chi connectivity index (χ1v) is 6.52. The minimum absolute atomic E-state index is 0.0274. The summed E-state index contributed by atoms with van der Waals surface area (Å²) in [6.45, 7) is 5.83. The van der Waals surface area contributed by atoms with Crippen molar-refractivity contribution in [2.24, 2.45) is 11.7 Å². The lowest BCUT2D eigenvalue weighted by Crippen LogP contribution is -2.44. The van der Waals surface area contributed by atoms with Gasteiger partial charge in [-0.1, -0.05) is 41.9 Å². The van der Waals surface area contributed by atoms with Crippen molar-refractivity contribution in [3.8, 4) is 0 Å². The maximum Gasteiger partial charge on any atom is 0.237 e. The van der Waals surface area contributed by atoms with Crippen molar-refractivity contribution < 1.29 is 4.79 Å². The van der Waals surface area contributed by atoms with Gasteiger partial charge in [-0.05, 0) is 30.5 Å². The molecule has 0 saturated carbocycles. The lowest BCUT2D eigenvalue weighted by molar-refractivity contribution is -0.123. The molecule has 0 radical (unpaired) electrons. The molecule has 1 aromatic carbocycles. The summed E-state index contributed by atoms with van der Waals surface area (Å²) < 4.78 is 1.03. The molecule has 3 N–H and O–H groups in total. The van der Waals surface area contributed by atoms with Crippen LogP contribution < -0.4 is 11.1 Å². The molecule has 0 saturated heterocycles. The van der Waals surface area contributed by atoms with Crippen LogP contribution in [0, 0.1) is 5.92 Å². The summed E-state index contributed by atoms with van der Waals surface area (Å²) in [6.07, 6.45) is 0. The number of halogens is 1. The van der Waals surface area contributed by atoms with Crippen LogP contribution in [0.15, 0.2) is 28.7 Å². The van der Waals surface area contributed by atoms with E-state index in [1.54, 1.807) is 0 Å². The molecule has 0 heterocycles. The minimum atomic E-state index is -0.451. The average molecular weight is 299 g/mol. The van der Waals surface area contributed by atoms with Crippen molar-refractivity contribution in [1.82, 2.24) is 5.32 Å². The maximum absolute atomic E-state index is 11.8. The molecule has 0 bridgehead atoms. The van der Waals surface area contributed by atoms with E-state index in [2.05, 4.69) is 21.2 Å². The fraction of sp³-hybridized carbons (Fsp3) is 0.462. The van der Waals surface area contributed by atoms with Crippen molar-refractivity contribution >= 4 is 21.8 Å². The molecule has 2 unspecified atom stereocenters. The van der Waals surface area contributed by atoms with E-state index in [-0.39, 0.29) is 17.9 Å². The summed E-state index contributed by atoms with van der Waals surface area (Å²) in [7, 11) is 0. The highest BCUT2D eigenvalue weighted by atomic mass is 79.9. The highest BCUT2D eigenvalue weighted by molar-refractivity contribution is 9.10. The van der Waals surface area contributed by atoms with E-state index in [4.69, 9.17) is 5.73 Å². The Hall–Kier alpha value is -0.870. The van der Waals surface area contributed by atoms with Gasteiger partial charge in [0.1, 0.15) is 0 Å². The molecular weight excluding hydrogens is 280 g/mol. The van der Waals surface area contributed by atoms with Gasteiger partial charge in [-0.2, -0.15) is 0 Å². The average Bonchev–Trinajstić information content (AvgIpc) is 2.28. The number of benzene rings is 1. The Kier molecular flexibility index (Phi) is 5.15. The number of nitrogens with one attached hydrogen (secondary N) is 1. The second-order valence-corrected chi connectivity index (χ2v) is 5.47. The summed E-state index contributed by atoms with van der Waals surface area (Å²) in [6, 6.07) is 7.40. The first-order valence-electron chi connectivity index (χ1n) is 5.73. The third-order valence-electron chi connectivity index (χ3n) is 2.75. The molecule has 1 aromatic rings. The van der Waals surface area contributed by atoms with E-state index < -0.39 is 6.04 Å². The maximum atomic E-state index is 11.8. The van der Waals surface area contributed by atoms with Gasteiger partial charge in [-0.25, -0.2) is 0 Å². The van der Waals surface area contributed by atoms with Crippen LogP contribution in [-0.4, -0.2) is 11.9 Å². The number of amides is 1. The highest BCUT2D eigenvalue weighted by Crippen LogP contribution is 2.16. The van der Waals surface area contributed by atoms with Gasteiger partial charge < -0.3 is 11.1 Å². The zero-order valence-corrected chi connectivity index (χ0v) is 12.0. The van der Waals surface area contributed by atoms with E-state index in [1.165, 1.54) is 0 Å². The van der Waals surface area contributed by atoms with Crippen molar-refractivity contribution in [3.63, 3.8) is 0 Å². The van der Waals surface area contributed by atoms with Gasteiger partial charge in [-0.3, -0.25) is 4.79 Å². The lowest BCUT2D eigenvalue weighted by atomic mass is 10.0. The largest absolute Gasteiger partial charge is 0.348 e. The van der Waals surface area contributed by atoms with Crippen LogP contribution in [0.4, 0.5) is 0 Å². The van der Waals surface area contributed by atoms with Gasteiger partial charge in [0.2, 0.25) is 5.91 Å². The Bertz CT molecular complexity index is 376. The predicted molar refractivity (Wildman–Crippen MR) is 73.5 cm³/mol. The molecule has 3 nitrogen and oxygen atoms in total. The summed E-state index contributed by atoms with van der Waals surface area (Å²) in [5.74, 6) is 0.0440. The third kappa shape index (κ3) is 4.13. The van der Waals surface area contributed by atoms with Crippen LogP contribution in [0.2, 0.25) is 0 Å². The monoisotopic (exact) mass is 298 g/mol. The fourth-order valence-corrected chi connectivity index (χ4v) is 1.71. The Morgan fingerprint density at radius 3 is 2.24 bits per heavy atom. The number of nitrogens with two attached hydrogens (primary N) is 1. The van der Waals surface area contributed by atoms with Crippen LogP contribution in [0.25, 0.3) is 0 Å². The lowest BCUT2D eigenvalue weighted by Gasteiger charge is -2.20. The van der Waals surface area contributed by atoms with E-state index in [1.807, 2.05) is 45.0 Å². The second kappa shape index (κ2) is 6.17. The van der Waals surface area contributed by atoms with Crippen LogP contribution in [0.1, 0.15) is 32.4 Å². The Morgan fingerprint density at radius 2 is 1.76 bits per heavy atom. The first-order chi connectivity index (χ1) is 7.91. The Balaban J connectivity index is 2.63. The van der Waals surface area contributed by atoms with Gasteiger partial charge in [0.15, 0.2) is 0 Å². The van der Waals surface area contributed by atoms with Gasteiger partial charge in [0.05, 0.1) is 12.1 Å². The molecule has 94 valence electrons. The molecule has 4 heteroatoms. The molecule has 0 aliphatic rings. The molecule has 0 aliphatic heterocycles. The molecule has 0 fully saturated rings. The number of hydrogen-bond donors (Lipinski definition) is 2. The highest BCUT2D eigenvalue weighted by Gasteiger charge is 2.19. The molecule has 0 aromatic heterocycles. The standard InChI is InChI=1S/C13H19BrN2O/c1-8(2)12(15)13(17)16-9(3)10-4-6-11(14)7-5-10/h4-9,12H,15H2,1-3H3,(H,16,17). The van der Waals surface area contributed by atoms with E-state index in [0.717, 1.165) is 10.0 Å². The summed E-state index contributed by atoms with van der Waals surface area (Å²) in [5.41, 5.74) is 6.86. The van der Waals surface area contributed by atoms with E-state index >= 15 is 0 Å². The molecule has 1 rings (SSSR count). The van der Waals surface area contributed by atoms with Gasteiger partial charge in [0.25, 0.3) is 0 Å². The summed E-state index contributed by atoms with van der Waals surface area (Å²) >= 11 is 3.38. The molecule has 0 spiro atoms. The van der Waals surface area contributed by atoms with Crippen LogP contribution in [0.3, 0.4) is 0 Å². The molecule has 1 amide bonds. The molecular formula is C13H19BrN2O. The topological polar surface area (TPSA) is 55.1 Å². The number of carbonyl (C=O) groups excluding carboxylic acids is 1. The van der Waals surface area contributed by atoms with Gasteiger partial charge in [-0.15, -0.1) is 0 Å². The molecule has 17 heavy (non-hydrogen) atoms. The normalized spacial score (nSPS) is 14.5. The zero-order valence-electron chi connectivity index (χ0n) is 10.4. The molecule has 0 aliphatic carbocycles. The van der Waals surface area contributed by atoms with Gasteiger partial charge in [0, 0.05) is 4.47 Å². The summed E-state index contributed by atoms with van der Waals surface area (Å²) in [4.78, 5) is 11.8. The van der Waals surface area contributed by atoms with Crippen molar-refractivity contribution in [2.45, 2.75) is 32.9 Å². The third-order valence-corrected chi connectivity index (χ3v) is 3.28. The van der Waals surface area contributed by atoms with Crippen molar-refractivity contribution in [3.05, 3.63) is 34.3 Å². The summed E-state index contributed by atoms with van der Waals surface area (Å²) in [5, 5.41) is 2.92. The van der Waals surface area contributed by atoms with Gasteiger partial charge >= 0.3 is 0 Å². The first kappa shape index (κ1) is 14.2. The second-order valence-electron chi connectivity index (χ2n) is 4.55. The number of hydrogen-bond acceptors (Lipinski definition) is 2. The zero-order chi connectivity index (χ0) is 13.0. The fourth-order valence-electron chi connectivity index (χ4n) is 1.45. The van der Waals surface area contributed by atoms with Crippen LogP contribution >= 0.6 is 15.9 Å². The Labute approximate surface area is 111 Å². The van der Waals surface area contributed by atoms with E-state index in [0.29, 0.717) is 0 Å². The van der Waals surface area contributed by atoms with Crippen LogP contribution in [-0.2, 0) is 4.79 Å². The van der Waals surface area contributed by atoms with Crippen molar-refractivity contribution in [1.29, 1.82) is 0 Å². The number of rotatable bonds is 4. The predicted octanol–water partition coefficient (Wildman–Crippen LogP) is 2.61. The van der Waals surface area contributed by atoms with E-state index in [9.17, 15) is 4.79 Å². The van der Waals surface area contributed by atoms with Crippen LogP contribution in [0.5, 0.6) is 0 Å². The minimum Gasteiger partial charge on any atom is -0.348 e. The molecule has 2 atom stereocenters. The Morgan fingerprint density at radius 1 is 1.24 bits per heavy atom. The smallest absolute Gasteiger partial charge is 0.237 e. The quantitative estimate of drug-likeness (QED) is 0.898.